The summed E-state index contributed by atoms with van der Waals surface area (Å²) in [5.74, 6) is 0.309. The van der Waals surface area contributed by atoms with E-state index in [9.17, 15) is 30.0 Å². The second kappa shape index (κ2) is 9.84. The van der Waals surface area contributed by atoms with Crippen LogP contribution >= 0.6 is 11.6 Å². The van der Waals surface area contributed by atoms with Crippen LogP contribution in [0.5, 0.6) is 0 Å². The van der Waals surface area contributed by atoms with E-state index < -0.39 is 31.8 Å². The number of sulfonamides is 2. The number of anilines is 1. The second-order valence-corrected chi connectivity index (χ2v) is 13.0. The zero-order valence-electron chi connectivity index (χ0n) is 18.4. The van der Waals surface area contributed by atoms with Crippen LogP contribution in [0.15, 0.2) is 12.3 Å². The fourth-order valence-corrected chi connectivity index (χ4v) is 6.81. The summed E-state index contributed by atoms with van der Waals surface area (Å²) in [6.45, 7) is 1.87. The van der Waals surface area contributed by atoms with E-state index >= 15 is 0 Å². The molecule has 0 N–H and O–H groups in total. The molecule has 2 aliphatic rings. The van der Waals surface area contributed by atoms with Crippen LogP contribution in [0.25, 0.3) is 0 Å². The van der Waals surface area contributed by atoms with Crippen molar-refractivity contribution < 1.29 is 30.0 Å². The van der Waals surface area contributed by atoms with Crippen molar-refractivity contribution in [2.45, 2.75) is 37.9 Å². The van der Waals surface area contributed by atoms with Crippen molar-refractivity contribution >= 4 is 37.5 Å². The minimum absolute atomic E-state index is 0.0572. The fraction of sp³-hybridized carbons (Fsp3) is 0.737. The highest BCUT2D eigenvalue weighted by Gasteiger charge is 2.35. The van der Waals surface area contributed by atoms with Gasteiger partial charge in [0.25, 0.3) is 0 Å². The molecule has 0 spiro atoms. The van der Waals surface area contributed by atoms with Crippen molar-refractivity contribution in [3.8, 4) is 0 Å². The summed E-state index contributed by atoms with van der Waals surface area (Å²) in [7, 11) is -6.76. The molecular weight excluding hydrogens is 505 g/mol. The van der Waals surface area contributed by atoms with Crippen LogP contribution in [0, 0.1) is 5.92 Å². The largest absolute Gasteiger partial charge is 0.417 e. The van der Waals surface area contributed by atoms with Gasteiger partial charge in [0.2, 0.25) is 20.0 Å². The third-order valence-corrected chi connectivity index (χ3v) is 9.11. The van der Waals surface area contributed by atoms with Gasteiger partial charge < -0.3 is 4.90 Å². The molecule has 2 aliphatic heterocycles. The molecule has 8 nitrogen and oxygen atoms in total. The Kier molecular flexibility index (Phi) is 7.89. The number of piperidine rings is 2. The molecule has 0 aromatic carbocycles. The SMILES string of the molecule is CS(=O)(=O)N1CCC(CN(C2CCN(c3ncc(C(F)(F)F)cc3Cl)CC2)S(C)(=O)=O)CC1. The van der Waals surface area contributed by atoms with Crippen molar-refractivity contribution in [3.05, 3.63) is 22.8 Å². The first-order valence-electron chi connectivity index (χ1n) is 10.6. The maximum Gasteiger partial charge on any atom is 0.417 e. The Morgan fingerprint density at radius 1 is 1.06 bits per heavy atom. The molecule has 188 valence electrons. The Balaban J connectivity index is 1.63. The van der Waals surface area contributed by atoms with Gasteiger partial charge in [-0.2, -0.15) is 17.5 Å². The van der Waals surface area contributed by atoms with Crippen LogP contribution in [0.4, 0.5) is 19.0 Å². The number of aromatic nitrogens is 1. The Morgan fingerprint density at radius 3 is 2.09 bits per heavy atom. The summed E-state index contributed by atoms with van der Waals surface area (Å²) in [6.07, 6.45) is 0.685. The molecule has 3 heterocycles. The molecule has 14 heteroatoms. The van der Waals surface area contributed by atoms with Crippen LogP contribution in [0.3, 0.4) is 0 Å². The molecule has 33 heavy (non-hydrogen) atoms. The second-order valence-electron chi connectivity index (χ2n) is 8.68. The molecule has 0 unspecified atom stereocenters. The predicted octanol–water partition coefficient (Wildman–Crippen LogP) is 2.66. The summed E-state index contributed by atoms with van der Waals surface area (Å²) in [5, 5.41) is -0.0964. The lowest BCUT2D eigenvalue weighted by molar-refractivity contribution is -0.137. The van der Waals surface area contributed by atoms with Gasteiger partial charge in [0.15, 0.2) is 0 Å². The maximum atomic E-state index is 12.9. The predicted molar refractivity (Wildman–Crippen MR) is 120 cm³/mol. The third-order valence-electron chi connectivity index (χ3n) is 6.23. The number of alkyl halides is 3. The van der Waals surface area contributed by atoms with Crippen molar-refractivity contribution in [2.75, 3.05) is 50.1 Å². The lowest BCUT2D eigenvalue weighted by Gasteiger charge is -2.40. The van der Waals surface area contributed by atoms with Crippen molar-refractivity contribution in [1.29, 1.82) is 0 Å². The summed E-state index contributed by atoms with van der Waals surface area (Å²) < 4.78 is 90.0. The Hall–Kier alpha value is -1.15. The van der Waals surface area contributed by atoms with Crippen molar-refractivity contribution in [3.63, 3.8) is 0 Å². The first-order valence-corrected chi connectivity index (χ1v) is 14.6. The van der Waals surface area contributed by atoms with Gasteiger partial charge in [0.1, 0.15) is 5.82 Å². The molecule has 0 amide bonds. The highest BCUT2D eigenvalue weighted by atomic mass is 35.5. The summed E-state index contributed by atoms with van der Waals surface area (Å²) >= 11 is 6.06. The third kappa shape index (κ3) is 6.71. The fourth-order valence-electron chi connectivity index (χ4n) is 4.42. The van der Waals surface area contributed by atoms with Gasteiger partial charge in [0.05, 0.1) is 23.1 Å². The Bertz CT molecular complexity index is 1050. The number of nitrogens with zero attached hydrogens (tertiary/aromatic N) is 4. The van der Waals surface area contributed by atoms with Crippen LogP contribution in [-0.2, 0) is 26.2 Å². The maximum absolute atomic E-state index is 12.9. The molecule has 0 atom stereocenters. The highest BCUT2D eigenvalue weighted by Crippen LogP contribution is 2.35. The molecular formula is C19H28ClF3N4O4S2. The molecule has 0 bridgehead atoms. The number of pyridine rings is 1. The molecule has 0 radical (unpaired) electrons. The summed E-state index contributed by atoms with van der Waals surface area (Å²) in [4.78, 5) is 5.66. The van der Waals surface area contributed by atoms with Gasteiger partial charge in [-0.05, 0) is 37.7 Å². The molecule has 0 saturated carbocycles. The van der Waals surface area contributed by atoms with Gasteiger partial charge in [-0.3, -0.25) is 0 Å². The quantitative estimate of drug-likeness (QED) is 0.559. The molecule has 2 saturated heterocycles. The average molecular weight is 533 g/mol. The van der Waals surface area contributed by atoms with Crippen molar-refractivity contribution in [2.24, 2.45) is 5.92 Å². The minimum Gasteiger partial charge on any atom is -0.355 e. The van der Waals surface area contributed by atoms with Gasteiger partial charge >= 0.3 is 6.18 Å². The number of hydrogen-bond acceptors (Lipinski definition) is 6. The monoisotopic (exact) mass is 532 g/mol. The van der Waals surface area contributed by atoms with Crippen molar-refractivity contribution in [1.82, 2.24) is 13.6 Å². The van der Waals surface area contributed by atoms with Crippen LogP contribution in [-0.4, -0.2) is 81.7 Å². The molecule has 1 aromatic heterocycles. The van der Waals surface area contributed by atoms with E-state index in [0.717, 1.165) is 12.3 Å². The minimum atomic E-state index is -4.53. The van der Waals surface area contributed by atoms with E-state index in [2.05, 4.69) is 4.98 Å². The van der Waals surface area contributed by atoms with Gasteiger partial charge in [-0.15, -0.1) is 0 Å². The zero-order chi connectivity index (χ0) is 24.6. The van der Waals surface area contributed by atoms with Crippen LogP contribution < -0.4 is 4.90 Å². The summed E-state index contributed by atoms with van der Waals surface area (Å²) in [6, 6.07) is 0.596. The standard InChI is InChI=1S/C19H28ClF3N4O4S2/c1-32(28,29)26-9-3-14(4-10-26)13-27(33(2,30)31)16-5-7-25(8-6-16)18-17(20)11-15(12-24-18)19(21,22)23/h11-12,14,16H,3-10,13H2,1-2H3. The molecule has 0 aliphatic carbocycles. The normalized spacial score (nSPS) is 20.5. The van der Waals surface area contributed by atoms with Gasteiger partial charge in [-0.1, -0.05) is 11.6 Å². The van der Waals surface area contributed by atoms with Gasteiger partial charge in [-0.25, -0.2) is 26.1 Å². The topological polar surface area (TPSA) is 90.9 Å². The highest BCUT2D eigenvalue weighted by molar-refractivity contribution is 7.88. The number of hydrogen-bond donors (Lipinski definition) is 0. The van der Waals surface area contributed by atoms with Gasteiger partial charge in [0, 0.05) is 45.0 Å². The van der Waals surface area contributed by atoms with Crippen LogP contribution in [0.1, 0.15) is 31.2 Å². The van der Waals surface area contributed by atoms with E-state index in [1.165, 1.54) is 21.1 Å². The molecule has 3 rings (SSSR count). The van der Waals surface area contributed by atoms with E-state index in [1.807, 2.05) is 0 Å². The lowest BCUT2D eigenvalue weighted by atomic mass is 9.96. The van der Waals surface area contributed by atoms with E-state index in [4.69, 9.17) is 11.6 Å². The molecule has 1 aromatic rings. The average Bonchev–Trinajstić information content (AvgIpc) is 2.70. The van der Waals surface area contributed by atoms with E-state index in [-0.39, 0.29) is 22.8 Å². The number of halogens is 4. The zero-order valence-corrected chi connectivity index (χ0v) is 20.8. The Morgan fingerprint density at radius 2 is 1.64 bits per heavy atom. The molecule has 2 fully saturated rings. The lowest BCUT2D eigenvalue weighted by Crippen LogP contribution is -2.50. The summed E-state index contributed by atoms with van der Waals surface area (Å²) in [5.41, 5.74) is -0.920. The van der Waals surface area contributed by atoms with E-state index in [0.29, 0.717) is 58.4 Å². The number of rotatable bonds is 6. The van der Waals surface area contributed by atoms with Crippen LogP contribution in [0.2, 0.25) is 5.02 Å². The first kappa shape index (κ1) is 26.5. The Labute approximate surface area is 197 Å². The smallest absolute Gasteiger partial charge is 0.355 e. The first-order chi connectivity index (χ1) is 15.2. The van der Waals surface area contributed by atoms with E-state index in [1.54, 1.807) is 4.90 Å².